The first-order chi connectivity index (χ1) is 10.8. The van der Waals surface area contributed by atoms with E-state index in [-0.39, 0.29) is 6.04 Å². The van der Waals surface area contributed by atoms with Gasteiger partial charge in [-0.1, -0.05) is 20.3 Å². The zero-order valence-corrected chi connectivity index (χ0v) is 13.5. The molecule has 0 aliphatic carbocycles. The molecule has 1 aliphatic heterocycles. The van der Waals surface area contributed by atoms with Gasteiger partial charge in [-0.3, -0.25) is 5.32 Å². The van der Waals surface area contributed by atoms with E-state index in [2.05, 4.69) is 38.9 Å². The van der Waals surface area contributed by atoms with Crippen molar-refractivity contribution in [3.63, 3.8) is 0 Å². The van der Waals surface area contributed by atoms with Crippen molar-refractivity contribution in [2.45, 2.75) is 71.5 Å². The number of aromatic nitrogens is 4. The molecule has 3 heterocycles. The Morgan fingerprint density at radius 3 is 2.95 bits per heavy atom. The van der Waals surface area contributed by atoms with Gasteiger partial charge in [-0.05, 0) is 19.3 Å². The van der Waals surface area contributed by atoms with Gasteiger partial charge < -0.3 is 8.98 Å². The van der Waals surface area contributed by atoms with Gasteiger partial charge in [0.25, 0.3) is 0 Å². The fourth-order valence-electron chi connectivity index (χ4n) is 2.99. The number of oxazole rings is 1. The third-order valence-corrected chi connectivity index (χ3v) is 4.31. The first kappa shape index (κ1) is 15.2. The molecule has 0 spiro atoms. The maximum atomic E-state index is 5.66. The minimum Gasteiger partial charge on any atom is -0.444 e. The fourth-order valence-corrected chi connectivity index (χ4v) is 2.99. The van der Waals surface area contributed by atoms with Crippen molar-refractivity contribution in [1.29, 1.82) is 0 Å². The molecule has 0 amide bonds. The second-order valence-electron chi connectivity index (χ2n) is 5.85. The molecule has 0 saturated carbocycles. The summed E-state index contributed by atoms with van der Waals surface area (Å²) in [4.78, 5) is 4.31. The predicted molar refractivity (Wildman–Crippen MR) is 83.3 cm³/mol. The Labute approximate surface area is 131 Å². The van der Waals surface area contributed by atoms with E-state index in [1.54, 1.807) is 6.20 Å². The van der Waals surface area contributed by atoms with E-state index in [1.165, 1.54) is 19.3 Å². The van der Waals surface area contributed by atoms with Crippen molar-refractivity contribution in [2.24, 2.45) is 0 Å². The van der Waals surface area contributed by atoms with Crippen LogP contribution in [0.2, 0.25) is 0 Å². The number of hydrogen-bond acceptors (Lipinski definition) is 5. The fraction of sp³-hybridized carbons (Fsp3) is 0.688. The number of nitrogens with zero attached hydrogens (tertiary/aromatic N) is 4. The van der Waals surface area contributed by atoms with Gasteiger partial charge in [-0.15, -0.1) is 10.2 Å². The van der Waals surface area contributed by atoms with E-state index in [9.17, 15) is 0 Å². The topological polar surface area (TPSA) is 68.8 Å². The van der Waals surface area contributed by atoms with Crippen LogP contribution in [0.5, 0.6) is 0 Å². The maximum Gasteiger partial charge on any atom is 0.208 e. The lowest BCUT2D eigenvalue weighted by molar-refractivity contribution is 0.399. The lowest BCUT2D eigenvalue weighted by Gasteiger charge is -2.17. The van der Waals surface area contributed by atoms with Crippen LogP contribution >= 0.6 is 0 Å². The van der Waals surface area contributed by atoms with Crippen molar-refractivity contribution in [3.05, 3.63) is 29.5 Å². The zero-order valence-electron chi connectivity index (χ0n) is 13.5. The third kappa shape index (κ3) is 3.21. The number of rotatable bonds is 6. The van der Waals surface area contributed by atoms with Crippen LogP contribution in [0.4, 0.5) is 0 Å². The Kier molecular flexibility index (Phi) is 4.87. The lowest BCUT2D eigenvalue weighted by Crippen LogP contribution is -2.24. The highest BCUT2D eigenvalue weighted by molar-refractivity contribution is 5.03. The summed E-state index contributed by atoms with van der Waals surface area (Å²) >= 11 is 0. The van der Waals surface area contributed by atoms with Gasteiger partial charge >= 0.3 is 0 Å². The van der Waals surface area contributed by atoms with Gasteiger partial charge in [0.2, 0.25) is 5.89 Å². The molecule has 0 fully saturated rings. The molecule has 1 N–H and O–H groups in total. The first-order valence-corrected chi connectivity index (χ1v) is 8.40. The predicted octanol–water partition coefficient (Wildman–Crippen LogP) is 2.80. The van der Waals surface area contributed by atoms with Crippen LogP contribution in [-0.4, -0.2) is 19.7 Å². The molecule has 120 valence electrons. The molecule has 1 atom stereocenters. The van der Waals surface area contributed by atoms with Gasteiger partial charge in [0.05, 0.1) is 18.8 Å². The Morgan fingerprint density at radius 2 is 2.18 bits per heavy atom. The molecule has 0 radical (unpaired) electrons. The van der Waals surface area contributed by atoms with Crippen LogP contribution in [0.1, 0.15) is 68.9 Å². The average Bonchev–Trinajstić information content (AvgIpc) is 3.09. The highest BCUT2D eigenvalue weighted by Gasteiger charge is 2.21. The molecule has 3 rings (SSSR count). The Balaban J connectivity index is 1.70. The van der Waals surface area contributed by atoms with Gasteiger partial charge in [-0.2, -0.15) is 0 Å². The Morgan fingerprint density at radius 1 is 1.27 bits per heavy atom. The van der Waals surface area contributed by atoms with E-state index in [0.717, 1.165) is 49.1 Å². The molecule has 0 bridgehead atoms. The number of fused-ring (bicyclic) bond motifs is 1. The number of hydrogen-bond donors (Lipinski definition) is 1. The standard InChI is InChI=1S/C16H25N5O/c1-3-12-10-18-15(22-12)11-17-13(4-2)16-20-19-14-8-6-5-7-9-21(14)16/h10,13,17H,3-9,11H2,1-2H3. The monoisotopic (exact) mass is 303 g/mol. The molecule has 6 heteroatoms. The van der Waals surface area contributed by atoms with Crippen LogP contribution in [-0.2, 0) is 25.9 Å². The van der Waals surface area contributed by atoms with Crippen molar-refractivity contribution in [1.82, 2.24) is 25.1 Å². The largest absolute Gasteiger partial charge is 0.444 e. The molecule has 2 aromatic rings. The molecule has 6 nitrogen and oxygen atoms in total. The maximum absolute atomic E-state index is 5.66. The summed E-state index contributed by atoms with van der Waals surface area (Å²) in [6.45, 7) is 5.90. The van der Waals surface area contributed by atoms with E-state index in [4.69, 9.17) is 4.42 Å². The minimum absolute atomic E-state index is 0.191. The smallest absolute Gasteiger partial charge is 0.208 e. The molecule has 0 aromatic carbocycles. The Hall–Kier alpha value is -1.69. The van der Waals surface area contributed by atoms with E-state index in [1.807, 2.05) is 0 Å². The highest BCUT2D eigenvalue weighted by atomic mass is 16.4. The quantitative estimate of drug-likeness (QED) is 0.888. The summed E-state index contributed by atoms with van der Waals surface area (Å²) in [5.74, 6) is 3.87. The summed E-state index contributed by atoms with van der Waals surface area (Å²) in [7, 11) is 0. The normalized spacial score (nSPS) is 16.3. The summed E-state index contributed by atoms with van der Waals surface area (Å²) in [6.07, 6.45) is 8.42. The van der Waals surface area contributed by atoms with Gasteiger partial charge in [0.1, 0.15) is 17.4 Å². The number of nitrogens with one attached hydrogen (secondary N) is 1. The molecule has 1 unspecified atom stereocenters. The second-order valence-corrected chi connectivity index (χ2v) is 5.85. The van der Waals surface area contributed by atoms with Crippen molar-refractivity contribution in [2.75, 3.05) is 0 Å². The number of aryl methyl sites for hydroxylation is 2. The van der Waals surface area contributed by atoms with E-state index in [0.29, 0.717) is 6.54 Å². The van der Waals surface area contributed by atoms with Crippen molar-refractivity contribution in [3.8, 4) is 0 Å². The Bertz CT molecular complexity index is 603. The zero-order chi connectivity index (χ0) is 15.4. The van der Waals surface area contributed by atoms with Crippen LogP contribution in [0, 0.1) is 0 Å². The minimum atomic E-state index is 0.191. The molecule has 0 saturated heterocycles. The van der Waals surface area contributed by atoms with Crippen molar-refractivity contribution < 1.29 is 4.42 Å². The molecule has 2 aromatic heterocycles. The van der Waals surface area contributed by atoms with Crippen LogP contribution in [0.25, 0.3) is 0 Å². The third-order valence-electron chi connectivity index (χ3n) is 4.31. The summed E-state index contributed by atoms with van der Waals surface area (Å²) in [5.41, 5.74) is 0. The summed E-state index contributed by atoms with van der Waals surface area (Å²) in [5, 5.41) is 12.4. The lowest BCUT2D eigenvalue weighted by atomic mass is 10.2. The van der Waals surface area contributed by atoms with Crippen LogP contribution in [0.15, 0.2) is 10.6 Å². The average molecular weight is 303 g/mol. The van der Waals surface area contributed by atoms with E-state index >= 15 is 0 Å². The highest BCUT2D eigenvalue weighted by Crippen LogP contribution is 2.21. The summed E-state index contributed by atoms with van der Waals surface area (Å²) < 4.78 is 7.97. The molecule has 1 aliphatic rings. The second kappa shape index (κ2) is 7.05. The van der Waals surface area contributed by atoms with E-state index < -0.39 is 0 Å². The van der Waals surface area contributed by atoms with Crippen LogP contribution in [0.3, 0.4) is 0 Å². The first-order valence-electron chi connectivity index (χ1n) is 8.40. The molecule has 22 heavy (non-hydrogen) atoms. The van der Waals surface area contributed by atoms with Gasteiger partial charge in [0, 0.05) is 19.4 Å². The molecular formula is C16H25N5O. The van der Waals surface area contributed by atoms with Crippen LogP contribution < -0.4 is 5.32 Å². The van der Waals surface area contributed by atoms with Gasteiger partial charge in [0.15, 0.2) is 0 Å². The summed E-state index contributed by atoms with van der Waals surface area (Å²) in [6, 6.07) is 0.191. The SMILES string of the molecule is CCc1cnc(CNC(CC)c2nnc3n2CCCCC3)o1. The molecular weight excluding hydrogens is 278 g/mol. The van der Waals surface area contributed by atoms with Gasteiger partial charge in [-0.25, -0.2) is 4.98 Å². The van der Waals surface area contributed by atoms with Crippen molar-refractivity contribution >= 4 is 0 Å².